The standard InChI is InChI=1S/C29H32Cl2N6O2/c1-4-36(5-2)27(38)22-16-33-28(34-17-22)29(3,39)19-35-12-13-37(25-11-6-20(15-32)14-24(25)31)26(18-35)21-7-9-23(30)10-8-21/h6-11,14,16-17,26,39H,4-5,12-13,18-19H2,1-3H3/t26-,29+/m0/s1. The number of hydrogen-bond donors (Lipinski definition) is 1. The highest BCUT2D eigenvalue weighted by Crippen LogP contribution is 2.36. The Balaban J connectivity index is 1.55. The van der Waals surface area contributed by atoms with E-state index in [0.29, 0.717) is 60.4 Å². The van der Waals surface area contributed by atoms with Gasteiger partial charge in [0.05, 0.1) is 33.9 Å². The molecule has 1 aliphatic rings. The first-order chi connectivity index (χ1) is 18.7. The number of amides is 1. The number of nitrogens with zero attached hydrogens (tertiary/aromatic N) is 6. The fourth-order valence-corrected chi connectivity index (χ4v) is 5.38. The summed E-state index contributed by atoms with van der Waals surface area (Å²) in [5.74, 6) is 0.133. The Morgan fingerprint density at radius 2 is 1.79 bits per heavy atom. The van der Waals surface area contributed by atoms with Gasteiger partial charge in [0, 0.05) is 56.7 Å². The molecule has 0 unspecified atom stereocenters. The highest BCUT2D eigenvalue weighted by molar-refractivity contribution is 6.33. The van der Waals surface area contributed by atoms with Gasteiger partial charge in [0.15, 0.2) is 5.82 Å². The van der Waals surface area contributed by atoms with Crippen molar-refractivity contribution >= 4 is 34.8 Å². The third-order valence-electron chi connectivity index (χ3n) is 7.07. The normalized spacial score (nSPS) is 17.4. The number of β-amino-alcohol motifs (C(OH)–C–C–N with tert-alkyl or cyclic N) is 1. The van der Waals surface area contributed by atoms with Crippen LogP contribution in [0, 0.1) is 11.3 Å². The summed E-state index contributed by atoms with van der Waals surface area (Å²) in [7, 11) is 0. The number of aliphatic hydroxyl groups is 1. The lowest BCUT2D eigenvalue weighted by molar-refractivity contribution is 0.00287. The fourth-order valence-electron chi connectivity index (χ4n) is 4.97. The predicted octanol–water partition coefficient (Wildman–Crippen LogP) is 4.91. The van der Waals surface area contributed by atoms with Gasteiger partial charge in [-0.25, -0.2) is 9.97 Å². The van der Waals surface area contributed by atoms with E-state index in [1.54, 1.807) is 24.0 Å². The molecule has 10 heteroatoms. The molecule has 1 aromatic heterocycles. The zero-order valence-corrected chi connectivity index (χ0v) is 23.8. The fraction of sp³-hybridized carbons (Fsp3) is 0.379. The molecule has 1 amide bonds. The Bertz CT molecular complexity index is 1340. The second kappa shape index (κ2) is 12.3. The number of rotatable bonds is 8. The van der Waals surface area contributed by atoms with Crippen LogP contribution < -0.4 is 4.90 Å². The first-order valence-corrected chi connectivity index (χ1v) is 13.7. The molecule has 1 fully saturated rings. The molecule has 8 nitrogen and oxygen atoms in total. The van der Waals surface area contributed by atoms with Crippen LogP contribution in [0.5, 0.6) is 0 Å². The van der Waals surface area contributed by atoms with Gasteiger partial charge < -0.3 is 14.9 Å². The van der Waals surface area contributed by atoms with Crippen molar-refractivity contribution in [2.45, 2.75) is 32.4 Å². The maximum Gasteiger partial charge on any atom is 0.256 e. The van der Waals surface area contributed by atoms with Crippen LogP contribution in [0.4, 0.5) is 5.69 Å². The van der Waals surface area contributed by atoms with Crippen LogP contribution in [0.15, 0.2) is 54.9 Å². The molecular weight excluding hydrogens is 535 g/mol. The van der Waals surface area contributed by atoms with Crippen molar-refractivity contribution in [3.63, 3.8) is 0 Å². The molecule has 1 aliphatic heterocycles. The van der Waals surface area contributed by atoms with Crippen molar-refractivity contribution < 1.29 is 9.90 Å². The Morgan fingerprint density at radius 3 is 2.38 bits per heavy atom. The van der Waals surface area contributed by atoms with Gasteiger partial charge in [-0.3, -0.25) is 9.69 Å². The van der Waals surface area contributed by atoms with Gasteiger partial charge in [-0.05, 0) is 56.7 Å². The van der Waals surface area contributed by atoms with Gasteiger partial charge in [0.25, 0.3) is 5.91 Å². The maximum atomic E-state index is 12.6. The maximum absolute atomic E-state index is 12.6. The molecule has 2 heterocycles. The summed E-state index contributed by atoms with van der Waals surface area (Å²) < 4.78 is 0. The number of benzene rings is 2. The summed E-state index contributed by atoms with van der Waals surface area (Å²) in [6, 6.07) is 15.1. The topological polar surface area (TPSA) is 96.6 Å². The van der Waals surface area contributed by atoms with E-state index in [-0.39, 0.29) is 17.8 Å². The first-order valence-electron chi connectivity index (χ1n) is 12.9. The summed E-state index contributed by atoms with van der Waals surface area (Å²) in [6.45, 7) is 8.95. The molecule has 0 radical (unpaired) electrons. The second-order valence-electron chi connectivity index (χ2n) is 9.82. The molecular formula is C29H32Cl2N6O2. The predicted molar refractivity (Wildman–Crippen MR) is 153 cm³/mol. The van der Waals surface area contributed by atoms with Crippen molar-refractivity contribution in [2.24, 2.45) is 0 Å². The van der Waals surface area contributed by atoms with Crippen LogP contribution in [0.3, 0.4) is 0 Å². The van der Waals surface area contributed by atoms with Crippen molar-refractivity contribution in [3.05, 3.63) is 87.4 Å². The number of carbonyl (C=O) groups is 1. The van der Waals surface area contributed by atoms with Crippen molar-refractivity contribution in [3.8, 4) is 6.07 Å². The number of piperazine rings is 1. The van der Waals surface area contributed by atoms with Crippen LogP contribution in [0.2, 0.25) is 10.0 Å². The minimum atomic E-state index is -1.34. The molecule has 4 rings (SSSR count). The van der Waals surface area contributed by atoms with Gasteiger partial charge in [0.1, 0.15) is 5.60 Å². The van der Waals surface area contributed by atoms with E-state index in [1.165, 1.54) is 12.4 Å². The number of carbonyl (C=O) groups excluding carboxylic acids is 1. The zero-order chi connectivity index (χ0) is 28.2. The van der Waals surface area contributed by atoms with Crippen LogP contribution in [-0.4, -0.2) is 70.1 Å². The zero-order valence-electron chi connectivity index (χ0n) is 22.3. The van der Waals surface area contributed by atoms with E-state index < -0.39 is 5.60 Å². The average Bonchev–Trinajstić information content (AvgIpc) is 2.94. The molecule has 39 heavy (non-hydrogen) atoms. The number of anilines is 1. The first kappa shape index (κ1) is 28.8. The van der Waals surface area contributed by atoms with E-state index in [1.807, 2.05) is 44.2 Å². The third-order valence-corrected chi connectivity index (χ3v) is 7.62. The molecule has 1 saturated heterocycles. The van der Waals surface area contributed by atoms with Crippen LogP contribution >= 0.6 is 23.2 Å². The second-order valence-corrected chi connectivity index (χ2v) is 10.7. The van der Waals surface area contributed by atoms with E-state index in [9.17, 15) is 15.2 Å². The van der Waals surface area contributed by atoms with E-state index in [4.69, 9.17) is 23.2 Å². The van der Waals surface area contributed by atoms with Gasteiger partial charge >= 0.3 is 0 Å². The highest BCUT2D eigenvalue weighted by Gasteiger charge is 2.35. The minimum absolute atomic E-state index is 0.0766. The summed E-state index contributed by atoms with van der Waals surface area (Å²) in [5, 5.41) is 21.8. The van der Waals surface area contributed by atoms with E-state index in [0.717, 1.165) is 11.3 Å². The molecule has 204 valence electrons. The molecule has 3 aromatic rings. The number of aromatic nitrogens is 2. The Hall–Kier alpha value is -3.22. The van der Waals surface area contributed by atoms with Gasteiger partial charge in [-0.1, -0.05) is 35.3 Å². The molecule has 0 spiro atoms. The lowest BCUT2D eigenvalue weighted by Crippen LogP contribution is -2.52. The lowest BCUT2D eigenvalue weighted by atomic mass is 9.98. The quantitative estimate of drug-likeness (QED) is 0.413. The minimum Gasteiger partial charge on any atom is -0.381 e. The summed E-state index contributed by atoms with van der Waals surface area (Å²) in [5.41, 5.74) is 1.47. The number of hydrogen-bond acceptors (Lipinski definition) is 7. The van der Waals surface area contributed by atoms with Gasteiger partial charge in [-0.2, -0.15) is 5.26 Å². The van der Waals surface area contributed by atoms with Crippen molar-refractivity contribution in [2.75, 3.05) is 44.2 Å². The summed E-state index contributed by atoms with van der Waals surface area (Å²) >= 11 is 12.8. The van der Waals surface area contributed by atoms with Crippen LogP contribution in [-0.2, 0) is 5.60 Å². The average molecular weight is 568 g/mol. The Kier molecular flexibility index (Phi) is 9.08. The van der Waals surface area contributed by atoms with Gasteiger partial charge in [-0.15, -0.1) is 0 Å². The van der Waals surface area contributed by atoms with Crippen molar-refractivity contribution in [1.29, 1.82) is 5.26 Å². The Labute approximate surface area is 239 Å². The van der Waals surface area contributed by atoms with Crippen LogP contribution in [0.1, 0.15) is 54.1 Å². The Morgan fingerprint density at radius 1 is 1.13 bits per heavy atom. The third kappa shape index (κ3) is 6.51. The monoisotopic (exact) mass is 566 g/mol. The summed E-state index contributed by atoms with van der Waals surface area (Å²) in [4.78, 5) is 27.4. The molecule has 2 atom stereocenters. The molecule has 0 aliphatic carbocycles. The van der Waals surface area contributed by atoms with Gasteiger partial charge in [0.2, 0.25) is 0 Å². The van der Waals surface area contributed by atoms with E-state index in [2.05, 4.69) is 25.8 Å². The molecule has 0 saturated carbocycles. The lowest BCUT2D eigenvalue weighted by Gasteiger charge is -2.45. The number of halogens is 2. The van der Waals surface area contributed by atoms with Crippen molar-refractivity contribution in [1.82, 2.24) is 19.8 Å². The van der Waals surface area contributed by atoms with Crippen LogP contribution in [0.25, 0.3) is 0 Å². The molecule has 0 bridgehead atoms. The number of nitriles is 1. The largest absolute Gasteiger partial charge is 0.381 e. The highest BCUT2D eigenvalue weighted by atomic mass is 35.5. The SMILES string of the molecule is CCN(CC)C(=O)c1cnc([C@](C)(O)CN2CCN(c3ccc(C#N)cc3Cl)[C@H](c3ccc(Cl)cc3)C2)nc1. The van der Waals surface area contributed by atoms with E-state index >= 15 is 0 Å². The summed E-state index contributed by atoms with van der Waals surface area (Å²) in [6.07, 6.45) is 2.97. The molecule has 2 aromatic carbocycles. The smallest absolute Gasteiger partial charge is 0.256 e. The molecule has 1 N–H and O–H groups in total.